The predicted octanol–water partition coefficient (Wildman–Crippen LogP) is 3.67. The van der Waals surface area contributed by atoms with E-state index < -0.39 is 5.91 Å². The highest BCUT2D eigenvalue weighted by Crippen LogP contribution is 2.22. The van der Waals surface area contributed by atoms with Crippen molar-refractivity contribution in [1.29, 1.82) is 0 Å². The van der Waals surface area contributed by atoms with Gasteiger partial charge in [-0.1, -0.05) is 36.2 Å². The first-order valence-electron chi connectivity index (χ1n) is 9.62. The first kappa shape index (κ1) is 21.4. The standard InChI is InChI=1S/C21H24Cl2N4O2/c1-14-6-8-27(9-7-14)19-5-2-15(11-24-19)12-25-20(28)13-26-21(29)17-4-3-16(22)10-18(17)23/h2-5,10-11,14H,6-9,12-13H2,1H3,(H,25,28)(H,26,29). The number of hydrogen-bond donors (Lipinski definition) is 2. The van der Waals surface area contributed by atoms with Gasteiger partial charge in [0.25, 0.3) is 5.91 Å². The highest BCUT2D eigenvalue weighted by molar-refractivity contribution is 6.36. The quantitative estimate of drug-likeness (QED) is 0.726. The fourth-order valence-electron chi connectivity index (χ4n) is 3.14. The van der Waals surface area contributed by atoms with Gasteiger partial charge in [-0.15, -0.1) is 0 Å². The van der Waals surface area contributed by atoms with Crippen LogP contribution in [-0.2, 0) is 11.3 Å². The molecule has 2 amide bonds. The molecule has 3 rings (SSSR count). The number of amides is 2. The summed E-state index contributed by atoms with van der Waals surface area (Å²) in [5.74, 6) is 1.03. The smallest absolute Gasteiger partial charge is 0.253 e. The lowest BCUT2D eigenvalue weighted by Gasteiger charge is -2.31. The number of nitrogens with zero attached hydrogens (tertiary/aromatic N) is 2. The third kappa shape index (κ3) is 6.08. The number of benzene rings is 1. The Morgan fingerprint density at radius 3 is 2.55 bits per heavy atom. The summed E-state index contributed by atoms with van der Waals surface area (Å²) in [6.45, 7) is 4.54. The Bertz CT molecular complexity index is 865. The summed E-state index contributed by atoms with van der Waals surface area (Å²) in [5, 5.41) is 6.01. The third-order valence-electron chi connectivity index (χ3n) is 4.99. The minimum Gasteiger partial charge on any atom is -0.357 e. The number of aromatic nitrogens is 1. The normalized spacial score (nSPS) is 14.5. The maximum atomic E-state index is 12.1. The molecule has 6 nitrogen and oxygen atoms in total. The van der Waals surface area contributed by atoms with Crippen LogP contribution in [0, 0.1) is 5.92 Å². The molecule has 0 unspecified atom stereocenters. The topological polar surface area (TPSA) is 74.3 Å². The van der Waals surface area contributed by atoms with E-state index in [0.717, 1.165) is 30.4 Å². The molecule has 1 aromatic heterocycles. The van der Waals surface area contributed by atoms with E-state index in [2.05, 4.69) is 27.4 Å². The van der Waals surface area contributed by atoms with Gasteiger partial charge in [0.1, 0.15) is 5.82 Å². The molecule has 2 heterocycles. The van der Waals surface area contributed by atoms with Gasteiger partial charge in [0.2, 0.25) is 5.91 Å². The van der Waals surface area contributed by atoms with E-state index in [4.69, 9.17) is 23.2 Å². The summed E-state index contributed by atoms with van der Waals surface area (Å²) >= 11 is 11.8. The summed E-state index contributed by atoms with van der Waals surface area (Å²) in [6.07, 6.45) is 4.15. The lowest BCUT2D eigenvalue weighted by molar-refractivity contribution is -0.120. The van der Waals surface area contributed by atoms with Crippen molar-refractivity contribution in [2.75, 3.05) is 24.5 Å². The van der Waals surface area contributed by atoms with E-state index in [1.165, 1.54) is 25.0 Å². The zero-order valence-electron chi connectivity index (χ0n) is 16.3. The molecule has 0 atom stereocenters. The first-order valence-corrected chi connectivity index (χ1v) is 10.4. The molecule has 29 heavy (non-hydrogen) atoms. The molecule has 1 aliphatic rings. The first-order chi connectivity index (χ1) is 13.9. The number of anilines is 1. The van der Waals surface area contributed by atoms with Crippen LogP contribution in [0.1, 0.15) is 35.7 Å². The number of piperidine rings is 1. The number of nitrogens with one attached hydrogen (secondary N) is 2. The Labute approximate surface area is 180 Å². The second-order valence-corrected chi connectivity index (χ2v) is 8.12. The Morgan fingerprint density at radius 2 is 1.90 bits per heavy atom. The minimum absolute atomic E-state index is 0.144. The molecule has 1 aromatic carbocycles. The van der Waals surface area contributed by atoms with Gasteiger partial charge in [0.15, 0.2) is 0 Å². The summed E-state index contributed by atoms with van der Waals surface area (Å²) in [7, 11) is 0. The van der Waals surface area contributed by atoms with Crippen LogP contribution in [0.5, 0.6) is 0 Å². The summed E-state index contributed by atoms with van der Waals surface area (Å²) in [6, 6.07) is 8.53. The van der Waals surface area contributed by atoms with Crippen molar-refractivity contribution in [3.63, 3.8) is 0 Å². The van der Waals surface area contributed by atoms with Gasteiger partial charge in [0, 0.05) is 30.9 Å². The van der Waals surface area contributed by atoms with Crippen molar-refractivity contribution < 1.29 is 9.59 Å². The number of halogens is 2. The predicted molar refractivity (Wildman–Crippen MR) is 115 cm³/mol. The zero-order valence-corrected chi connectivity index (χ0v) is 17.8. The van der Waals surface area contributed by atoms with Crippen molar-refractivity contribution in [3.8, 4) is 0 Å². The maximum absolute atomic E-state index is 12.1. The van der Waals surface area contributed by atoms with Crippen LogP contribution in [0.15, 0.2) is 36.5 Å². The minimum atomic E-state index is -0.427. The van der Waals surface area contributed by atoms with Gasteiger partial charge >= 0.3 is 0 Å². The van der Waals surface area contributed by atoms with Gasteiger partial charge in [0.05, 0.1) is 17.1 Å². The second-order valence-electron chi connectivity index (χ2n) is 7.28. The molecule has 0 spiro atoms. The largest absolute Gasteiger partial charge is 0.357 e. The van der Waals surface area contributed by atoms with Crippen molar-refractivity contribution >= 4 is 40.8 Å². The zero-order chi connectivity index (χ0) is 20.8. The third-order valence-corrected chi connectivity index (χ3v) is 5.54. The van der Waals surface area contributed by atoms with Crippen LogP contribution in [0.4, 0.5) is 5.82 Å². The molecule has 0 saturated carbocycles. The second kappa shape index (κ2) is 9.94. The number of carbonyl (C=O) groups excluding carboxylic acids is 2. The van der Waals surface area contributed by atoms with Gasteiger partial charge in [-0.05, 0) is 48.6 Å². The van der Waals surface area contributed by atoms with E-state index in [0.29, 0.717) is 11.6 Å². The summed E-state index contributed by atoms with van der Waals surface area (Å²) < 4.78 is 0. The highest BCUT2D eigenvalue weighted by atomic mass is 35.5. The lowest BCUT2D eigenvalue weighted by Crippen LogP contribution is -2.36. The van der Waals surface area contributed by atoms with Gasteiger partial charge in [-0.2, -0.15) is 0 Å². The van der Waals surface area contributed by atoms with Crippen molar-refractivity contribution in [2.24, 2.45) is 5.92 Å². The Hall–Kier alpha value is -2.31. The molecule has 8 heteroatoms. The van der Waals surface area contributed by atoms with Crippen LogP contribution in [-0.4, -0.2) is 36.4 Å². The number of carbonyl (C=O) groups is 2. The fraction of sp³-hybridized carbons (Fsp3) is 0.381. The molecule has 2 aromatic rings. The van der Waals surface area contributed by atoms with Crippen LogP contribution >= 0.6 is 23.2 Å². The van der Waals surface area contributed by atoms with Crippen LogP contribution in [0.2, 0.25) is 10.0 Å². The molecule has 0 aliphatic carbocycles. The van der Waals surface area contributed by atoms with Crippen molar-refractivity contribution in [1.82, 2.24) is 15.6 Å². The van der Waals surface area contributed by atoms with Gasteiger partial charge < -0.3 is 15.5 Å². The number of pyridine rings is 1. The van der Waals surface area contributed by atoms with Crippen molar-refractivity contribution in [2.45, 2.75) is 26.3 Å². The number of hydrogen-bond acceptors (Lipinski definition) is 4. The molecule has 2 N–H and O–H groups in total. The highest BCUT2D eigenvalue weighted by Gasteiger charge is 2.17. The van der Waals surface area contributed by atoms with E-state index in [1.807, 2.05) is 12.1 Å². The van der Waals surface area contributed by atoms with Gasteiger partial charge in [-0.25, -0.2) is 4.98 Å². The molecule has 0 bridgehead atoms. The van der Waals surface area contributed by atoms with Crippen LogP contribution in [0.25, 0.3) is 0 Å². The van der Waals surface area contributed by atoms with E-state index >= 15 is 0 Å². The Morgan fingerprint density at radius 1 is 1.14 bits per heavy atom. The van der Waals surface area contributed by atoms with Crippen LogP contribution in [0.3, 0.4) is 0 Å². The average molecular weight is 435 g/mol. The van der Waals surface area contributed by atoms with E-state index in [1.54, 1.807) is 12.3 Å². The molecular weight excluding hydrogens is 411 g/mol. The molecule has 1 saturated heterocycles. The Balaban J connectivity index is 1.44. The summed E-state index contributed by atoms with van der Waals surface area (Å²) in [5.41, 5.74) is 1.18. The van der Waals surface area contributed by atoms with Gasteiger partial charge in [-0.3, -0.25) is 9.59 Å². The SMILES string of the molecule is CC1CCN(c2ccc(CNC(=O)CNC(=O)c3ccc(Cl)cc3Cl)cn2)CC1. The van der Waals surface area contributed by atoms with Crippen LogP contribution < -0.4 is 15.5 Å². The fourth-order valence-corrected chi connectivity index (χ4v) is 3.63. The lowest BCUT2D eigenvalue weighted by atomic mass is 9.99. The van der Waals surface area contributed by atoms with E-state index in [-0.39, 0.29) is 23.0 Å². The number of rotatable bonds is 6. The molecule has 1 fully saturated rings. The summed E-state index contributed by atoms with van der Waals surface area (Å²) in [4.78, 5) is 31.0. The molecule has 1 aliphatic heterocycles. The average Bonchev–Trinajstić information content (AvgIpc) is 2.71. The molecule has 0 radical (unpaired) electrons. The van der Waals surface area contributed by atoms with Crippen molar-refractivity contribution in [3.05, 3.63) is 57.7 Å². The molecule has 154 valence electrons. The Kier molecular flexibility index (Phi) is 7.34. The molecular formula is C21H24Cl2N4O2. The monoisotopic (exact) mass is 434 g/mol. The van der Waals surface area contributed by atoms with E-state index in [9.17, 15) is 9.59 Å². The maximum Gasteiger partial charge on any atom is 0.253 e.